The summed E-state index contributed by atoms with van der Waals surface area (Å²) in [6.45, 7) is 1.14. The van der Waals surface area contributed by atoms with Crippen LogP contribution < -0.4 is 15.4 Å². The third-order valence-electron chi connectivity index (χ3n) is 6.88. The first kappa shape index (κ1) is 28.8. The fourth-order valence-electron chi connectivity index (χ4n) is 4.75. The van der Waals surface area contributed by atoms with Crippen molar-refractivity contribution in [2.24, 2.45) is 0 Å². The van der Waals surface area contributed by atoms with Crippen molar-refractivity contribution in [3.63, 3.8) is 0 Å². The van der Waals surface area contributed by atoms with Crippen LogP contribution in [-0.4, -0.2) is 36.1 Å². The van der Waals surface area contributed by atoms with Gasteiger partial charge in [-0.1, -0.05) is 91.0 Å². The number of carbonyl (C=O) groups excluding carboxylic acids is 1. The summed E-state index contributed by atoms with van der Waals surface area (Å²) in [7, 11) is 0. The molecule has 42 heavy (non-hydrogen) atoms. The molecule has 0 fully saturated rings. The second-order valence-corrected chi connectivity index (χ2v) is 10.8. The molecule has 0 aliphatic rings. The van der Waals surface area contributed by atoms with Gasteiger partial charge in [-0.3, -0.25) is 4.79 Å². The standard InChI is InChI=1S/C35H32N2O4S/c38-34(27-12-5-2-6-13-27)29-14-7-8-15-30(29)37-31(35(39)40)24-25-17-19-28(20-18-25)41-22-21-36-33(32-16-9-23-42-32)26-10-3-1-4-11-26/h1-20,23,31,33,36-37H,21-22,24H2,(H,39,40)/t31?,33-/m0/s1. The van der Waals surface area contributed by atoms with Crippen LogP contribution in [-0.2, 0) is 11.2 Å². The number of rotatable bonds is 14. The Morgan fingerprint density at radius 3 is 2.17 bits per heavy atom. The molecule has 7 heteroatoms. The van der Waals surface area contributed by atoms with Crippen molar-refractivity contribution in [3.8, 4) is 5.75 Å². The lowest BCUT2D eigenvalue weighted by atomic mass is 10.00. The molecule has 1 aromatic heterocycles. The van der Waals surface area contributed by atoms with E-state index >= 15 is 0 Å². The third kappa shape index (κ3) is 7.51. The van der Waals surface area contributed by atoms with E-state index in [-0.39, 0.29) is 18.2 Å². The Kier molecular flexibility index (Phi) is 9.77. The van der Waals surface area contributed by atoms with E-state index in [0.717, 1.165) is 5.56 Å². The number of carboxylic acid groups (broad SMARTS) is 1. The van der Waals surface area contributed by atoms with Crippen LogP contribution in [0, 0.1) is 0 Å². The predicted octanol–water partition coefficient (Wildman–Crippen LogP) is 6.84. The zero-order chi connectivity index (χ0) is 29.1. The van der Waals surface area contributed by atoms with Crippen molar-refractivity contribution in [1.29, 1.82) is 0 Å². The summed E-state index contributed by atoms with van der Waals surface area (Å²) in [4.78, 5) is 26.5. The molecule has 5 rings (SSSR count). The van der Waals surface area contributed by atoms with E-state index in [1.165, 1.54) is 10.4 Å². The van der Waals surface area contributed by atoms with Gasteiger partial charge in [0.1, 0.15) is 18.4 Å². The number of hydrogen-bond donors (Lipinski definition) is 3. The van der Waals surface area contributed by atoms with Crippen LogP contribution in [0.1, 0.15) is 38.0 Å². The van der Waals surface area contributed by atoms with Gasteiger partial charge in [0.05, 0.1) is 6.04 Å². The molecule has 0 spiro atoms. The zero-order valence-corrected chi connectivity index (χ0v) is 23.8. The molecule has 0 aliphatic carbocycles. The Hall–Kier alpha value is -4.72. The Morgan fingerprint density at radius 2 is 1.48 bits per heavy atom. The molecule has 0 saturated carbocycles. The molecule has 0 bridgehead atoms. The van der Waals surface area contributed by atoms with Gasteiger partial charge in [-0.15, -0.1) is 11.3 Å². The van der Waals surface area contributed by atoms with Crippen molar-refractivity contribution < 1.29 is 19.4 Å². The minimum atomic E-state index is -0.998. The molecular weight excluding hydrogens is 544 g/mol. The average molecular weight is 577 g/mol. The number of carboxylic acids is 1. The van der Waals surface area contributed by atoms with Crippen LogP contribution in [0.2, 0.25) is 0 Å². The molecule has 0 saturated heterocycles. The normalized spacial score (nSPS) is 12.3. The van der Waals surface area contributed by atoms with E-state index in [1.807, 2.05) is 48.5 Å². The summed E-state index contributed by atoms with van der Waals surface area (Å²) in [5, 5.41) is 18.7. The largest absolute Gasteiger partial charge is 0.492 e. The van der Waals surface area contributed by atoms with Gasteiger partial charge in [0.2, 0.25) is 0 Å². The van der Waals surface area contributed by atoms with Gasteiger partial charge in [0, 0.05) is 34.7 Å². The van der Waals surface area contributed by atoms with Crippen LogP contribution in [0.25, 0.3) is 0 Å². The van der Waals surface area contributed by atoms with Crippen LogP contribution in [0.3, 0.4) is 0 Å². The highest BCUT2D eigenvalue weighted by molar-refractivity contribution is 7.10. The van der Waals surface area contributed by atoms with Gasteiger partial charge in [-0.05, 0) is 46.8 Å². The summed E-state index contributed by atoms with van der Waals surface area (Å²) in [5.41, 5.74) is 3.52. The van der Waals surface area contributed by atoms with Crippen molar-refractivity contribution in [2.75, 3.05) is 18.5 Å². The van der Waals surface area contributed by atoms with E-state index in [2.05, 4.69) is 40.3 Å². The van der Waals surface area contributed by atoms with Gasteiger partial charge in [-0.2, -0.15) is 0 Å². The average Bonchev–Trinajstić information content (AvgIpc) is 3.57. The molecule has 2 atom stereocenters. The maximum absolute atomic E-state index is 13.1. The predicted molar refractivity (Wildman–Crippen MR) is 168 cm³/mol. The Balaban J connectivity index is 1.17. The number of benzene rings is 4. The number of nitrogens with one attached hydrogen (secondary N) is 2. The first-order valence-electron chi connectivity index (χ1n) is 13.8. The lowest BCUT2D eigenvalue weighted by molar-refractivity contribution is -0.137. The molecule has 4 aromatic carbocycles. The highest BCUT2D eigenvalue weighted by atomic mass is 32.1. The molecule has 1 heterocycles. The number of carbonyl (C=O) groups is 2. The second-order valence-electron chi connectivity index (χ2n) is 9.79. The lowest BCUT2D eigenvalue weighted by Crippen LogP contribution is -2.32. The minimum absolute atomic E-state index is 0.103. The lowest BCUT2D eigenvalue weighted by Gasteiger charge is -2.19. The van der Waals surface area contributed by atoms with Crippen molar-refractivity contribution in [1.82, 2.24) is 5.32 Å². The molecule has 0 radical (unpaired) electrons. The maximum atomic E-state index is 13.1. The molecule has 212 valence electrons. The Labute approximate surface area is 249 Å². The number of aliphatic carboxylic acids is 1. The zero-order valence-electron chi connectivity index (χ0n) is 23.0. The fraction of sp³-hybridized carbons (Fsp3) is 0.143. The quantitative estimate of drug-likeness (QED) is 0.0991. The monoisotopic (exact) mass is 576 g/mol. The Morgan fingerprint density at radius 1 is 0.786 bits per heavy atom. The van der Waals surface area contributed by atoms with Crippen molar-refractivity contribution >= 4 is 28.8 Å². The van der Waals surface area contributed by atoms with Crippen LogP contribution >= 0.6 is 11.3 Å². The smallest absolute Gasteiger partial charge is 0.326 e. The van der Waals surface area contributed by atoms with Gasteiger partial charge in [0.25, 0.3) is 0 Å². The van der Waals surface area contributed by atoms with Gasteiger partial charge >= 0.3 is 5.97 Å². The van der Waals surface area contributed by atoms with Crippen LogP contribution in [0.15, 0.2) is 127 Å². The van der Waals surface area contributed by atoms with Gasteiger partial charge in [0.15, 0.2) is 5.78 Å². The molecular formula is C35H32N2O4S. The fourth-order valence-corrected chi connectivity index (χ4v) is 5.58. The summed E-state index contributed by atoms with van der Waals surface area (Å²) in [5.74, 6) is -0.446. The van der Waals surface area contributed by atoms with Crippen LogP contribution in [0.4, 0.5) is 5.69 Å². The number of hydrogen-bond acceptors (Lipinski definition) is 6. The van der Waals surface area contributed by atoms with Gasteiger partial charge in [-0.25, -0.2) is 4.79 Å². The Bertz CT molecular complexity index is 1570. The molecule has 5 aromatic rings. The number of para-hydroxylation sites is 1. The number of anilines is 1. The molecule has 0 aliphatic heterocycles. The van der Waals surface area contributed by atoms with Crippen molar-refractivity contribution in [2.45, 2.75) is 18.5 Å². The third-order valence-corrected chi connectivity index (χ3v) is 7.82. The molecule has 0 amide bonds. The second kappa shape index (κ2) is 14.3. The SMILES string of the molecule is O=C(c1ccccc1)c1ccccc1NC(Cc1ccc(OCCN[C@@H](c2ccccc2)c2cccs2)cc1)C(=O)O. The van der Waals surface area contributed by atoms with E-state index in [0.29, 0.717) is 35.7 Å². The number of thiophene rings is 1. The highest BCUT2D eigenvalue weighted by Crippen LogP contribution is 2.26. The number of ether oxygens (including phenoxy) is 1. The van der Waals surface area contributed by atoms with Gasteiger partial charge < -0.3 is 20.5 Å². The summed E-state index contributed by atoms with van der Waals surface area (Å²) >= 11 is 1.72. The molecule has 3 N–H and O–H groups in total. The summed E-state index contributed by atoms with van der Waals surface area (Å²) in [6, 6.07) is 37.1. The van der Waals surface area contributed by atoms with E-state index in [9.17, 15) is 14.7 Å². The van der Waals surface area contributed by atoms with Crippen LogP contribution in [0.5, 0.6) is 5.75 Å². The van der Waals surface area contributed by atoms with E-state index < -0.39 is 12.0 Å². The minimum Gasteiger partial charge on any atom is -0.492 e. The van der Waals surface area contributed by atoms with E-state index in [1.54, 1.807) is 59.9 Å². The summed E-state index contributed by atoms with van der Waals surface area (Å²) < 4.78 is 5.97. The van der Waals surface area contributed by atoms with E-state index in [4.69, 9.17) is 4.74 Å². The highest BCUT2D eigenvalue weighted by Gasteiger charge is 2.21. The first-order valence-corrected chi connectivity index (χ1v) is 14.7. The molecule has 6 nitrogen and oxygen atoms in total. The van der Waals surface area contributed by atoms with Crippen molar-refractivity contribution in [3.05, 3.63) is 154 Å². The maximum Gasteiger partial charge on any atom is 0.326 e. The topological polar surface area (TPSA) is 87.7 Å². The first-order chi connectivity index (χ1) is 20.6. The summed E-state index contributed by atoms with van der Waals surface area (Å²) in [6.07, 6.45) is 0.241. The molecule has 1 unspecified atom stereocenters. The number of ketones is 1.